The molecule has 0 aromatic heterocycles. The highest BCUT2D eigenvalue weighted by Gasteiger charge is 2.21. The lowest BCUT2D eigenvalue weighted by Gasteiger charge is -2.23. The fourth-order valence-corrected chi connectivity index (χ4v) is 2.27. The first-order valence-electron chi connectivity index (χ1n) is 7.47. The van der Waals surface area contributed by atoms with Crippen molar-refractivity contribution in [3.63, 3.8) is 0 Å². The molecule has 1 atom stereocenters. The van der Waals surface area contributed by atoms with Crippen molar-refractivity contribution in [2.45, 2.75) is 58.9 Å². The molecule has 1 aromatic carbocycles. The minimum Gasteiger partial charge on any atom is -0.507 e. The minimum atomic E-state index is -0.124. The predicted molar refractivity (Wildman–Crippen MR) is 86.5 cm³/mol. The van der Waals surface area contributed by atoms with Gasteiger partial charge < -0.3 is 16.2 Å². The number of hydrogen-bond donors (Lipinski definition) is 3. The molecule has 0 aliphatic carbocycles. The lowest BCUT2D eigenvalue weighted by Crippen LogP contribution is -2.37. The Balaban J connectivity index is 2.85. The van der Waals surface area contributed by atoms with Gasteiger partial charge in [-0.05, 0) is 36.8 Å². The average molecular weight is 292 g/mol. The van der Waals surface area contributed by atoms with E-state index >= 15 is 0 Å². The molecule has 21 heavy (non-hydrogen) atoms. The molecule has 0 saturated heterocycles. The van der Waals surface area contributed by atoms with Gasteiger partial charge in [0.05, 0.1) is 0 Å². The number of nitrogens with two attached hydrogens (primary N) is 1. The molecule has 1 unspecified atom stereocenters. The van der Waals surface area contributed by atoms with Crippen LogP contribution in [0, 0.1) is 6.92 Å². The molecule has 0 spiro atoms. The van der Waals surface area contributed by atoms with Crippen LogP contribution in [0.4, 0.5) is 0 Å². The van der Waals surface area contributed by atoms with Gasteiger partial charge in [-0.2, -0.15) is 0 Å². The Morgan fingerprint density at radius 3 is 2.52 bits per heavy atom. The Labute approximate surface area is 127 Å². The van der Waals surface area contributed by atoms with Crippen LogP contribution >= 0.6 is 0 Å². The maximum Gasteiger partial charge on any atom is 0.220 e. The van der Waals surface area contributed by atoms with Gasteiger partial charge in [0.2, 0.25) is 5.91 Å². The standard InChI is InChI=1S/C17H28N2O2/c1-11-8-13(6-7-15(20)19-12(2)10-18)16(21)14(9-11)17(3,4)5/h8-9,12,21H,6-7,10,18H2,1-5H3,(H,19,20). The zero-order valence-corrected chi connectivity index (χ0v) is 13.8. The summed E-state index contributed by atoms with van der Waals surface area (Å²) in [6.07, 6.45) is 0.880. The van der Waals surface area contributed by atoms with Crippen LogP contribution in [0.25, 0.3) is 0 Å². The fraction of sp³-hybridized carbons (Fsp3) is 0.588. The van der Waals surface area contributed by atoms with E-state index in [9.17, 15) is 9.90 Å². The molecule has 0 aliphatic heterocycles. The summed E-state index contributed by atoms with van der Waals surface area (Å²) in [5.41, 5.74) is 8.21. The topological polar surface area (TPSA) is 75.4 Å². The highest BCUT2D eigenvalue weighted by molar-refractivity contribution is 5.76. The molecule has 0 fully saturated rings. The van der Waals surface area contributed by atoms with Crippen molar-refractivity contribution in [1.82, 2.24) is 5.32 Å². The summed E-state index contributed by atoms with van der Waals surface area (Å²) in [6, 6.07) is 3.94. The van der Waals surface area contributed by atoms with E-state index in [1.54, 1.807) is 0 Å². The van der Waals surface area contributed by atoms with E-state index in [1.807, 2.05) is 26.0 Å². The van der Waals surface area contributed by atoms with E-state index < -0.39 is 0 Å². The minimum absolute atomic E-state index is 0.0197. The molecular formula is C17H28N2O2. The number of benzene rings is 1. The number of carbonyl (C=O) groups is 1. The van der Waals surface area contributed by atoms with Crippen LogP contribution in [0.5, 0.6) is 5.75 Å². The molecule has 118 valence electrons. The molecule has 4 N–H and O–H groups in total. The first-order valence-corrected chi connectivity index (χ1v) is 7.47. The van der Waals surface area contributed by atoms with Crippen molar-refractivity contribution < 1.29 is 9.90 Å². The summed E-state index contributed by atoms with van der Waals surface area (Å²) in [5.74, 6) is 0.277. The quantitative estimate of drug-likeness (QED) is 0.780. The average Bonchev–Trinajstić information content (AvgIpc) is 2.37. The van der Waals surface area contributed by atoms with Crippen LogP contribution in [0.3, 0.4) is 0 Å². The molecule has 1 aromatic rings. The highest BCUT2D eigenvalue weighted by Crippen LogP contribution is 2.34. The summed E-state index contributed by atoms with van der Waals surface area (Å²) >= 11 is 0. The molecule has 0 bridgehead atoms. The van der Waals surface area contributed by atoms with Crippen LogP contribution in [-0.4, -0.2) is 23.6 Å². The van der Waals surface area contributed by atoms with Crippen LogP contribution in [0.15, 0.2) is 12.1 Å². The molecule has 1 rings (SSSR count). The number of nitrogens with one attached hydrogen (secondary N) is 1. The monoisotopic (exact) mass is 292 g/mol. The van der Waals surface area contributed by atoms with Gasteiger partial charge in [0, 0.05) is 19.0 Å². The Kier molecular flexibility index (Phi) is 5.78. The molecule has 0 aliphatic rings. The van der Waals surface area contributed by atoms with Gasteiger partial charge in [0.15, 0.2) is 0 Å². The van der Waals surface area contributed by atoms with E-state index in [2.05, 4.69) is 26.1 Å². The number of phenolic OH excluding ortho intramolecular Hbond substituents is 1. The van der Waals surface area contributed by atoms with Crippen molar-refractivity contribution in [3.05, 3.63) is 28.8 Å². The van der Waals surface area contributed by atoms with E-state index in [0.29, 0.717) is 25.1 Å². The summed E-state index contributed by atoms with van der Waals surface area (Å²) < 4.78 is 0. The van der Waals surface area contributed by atoms with Crippen LogP contribution in [0.2, 0.25) is 0 Å². The fourth-order valence-electron chi connectivity index (χ4n) is 2.27. The second kappa shape index (κ2) is 6.94. The van der Waals surface area contributed by atoms with Gasteiger partial charge in [-0.3, -0.25) is 4.79 Å². The van der Waals surface area contributed by atoms with Gasteiger partial charge in [0.25, 0.3) is 0 Å². The third-order valence-corrected chi connectivity index (χ3v) is 3.52. The van der Waals surface area contributed by atoms with E-state index in [1.165, 1.54) is 0 Å². The molecule has 4 heteroatoms. The Morgan fingerprint density at radius 1 is 1.38 bits per heavy atom. The first kappa shape index (κ1) is 17.5. The predicted octanol–water partition coefficient (Wildman–Crippen LogP) is 2.39. The first-order chi connectivity index (χ1) is 9.65. The zero-order valence-electron chi connectivity index (χ0n) is 13.8. The van der Waals surface area contributed by atoms with Crippen molar-refractivity contribution >= 4 is 5.91 Å². The number of phenols is 1. The van der Waals surface area contributed by atoms with Gasteiger partial charge in [-0.1, -0.05) is 38.5 Å². The second-order valence-corrected chi connectivity index (χ2v) is 6.77. The third kappa shape index (κ3) is 5.05. The van der Waals surface area contributed by atoms with E-state index in [4.69, 9.17) is 5.73 Å². The summed E-state index contributed by atoms with van der Waals surface area (Å²) in [5, 5.41) is 13.3. The van der Waals surface area contributed by atoms with Crippen molar-refractivity contribution in [1.29, 1.82) is 0 Å². The number of rotatable bonds is 5. The highest BCUT2D eigenvalue weighted by atomic mass is 16.3. The smallest absolute Gasteiger partial charge is 0.220 e. The summed E-state index contributed by atoms with van der Waals surface area (Å²) in [4.78, 5) is 11.8. The van der Waals surface area contributed by atoms with Crippen molar-refractivity contribution in [2.75, 3.05) is 6.54 Å². The second-order valence-electron chi connectivity index (χ2n) is 6.77. The van der Waals surface area contributed by atoms with E-state index in [0.717, 1.165) is 16.7 Å². The Hall–Kier alpha value is -1.55. The Bertz CT molecular complexity index is 504. The Morgan fingerprint density at radius 2 is 2.00 bits per heavy atom. The summed E-state index contributed by atoms with van der Waals surface area (Å²) in [7, 11) is 0. The van der Waals surface area contributed by atoms with Gasteiger partial charge in [-0.25, -0.2) is 0 Å². The molecule has 0 heterocycles. The third-order valence-electron chi connectivity index (χ3n) is 3.52. The van der Waals surface area contributed by atoms with Gasteiger partial charge >= 0.3 is 0 Å². The molecular weight excluding hydrogens is 264 g/mol. The normalized spacial score (nSPS) is 13.0. The lowest BCUT2D eigenvalue weighted by atomic mass is 9.83. The molecule has 4 nitrogen and oxygen atoms in total. The van der Waals surface area contributed by atoms with Crippen LogP contribution in [0.1, 0.15) is 50.8 Å². The summed E-state index contributed by atoms with van der Waals surface area (Å²) in [6.45, 7) is 10.5. The number of hydrogen-bond acceptors (Lipinski definition) is 3. The van der Waals surface area contributed by atoms with Crippen molar-refractivity contribution in [2.24, 2.45) is 5.73 Å². The number of amides is 1. The van der Waals surface area contributed by atoms with E-state index in [-0.39, 0.29) is 17.4 Å². The van der Waals surface area contributed by atoms with Gasteiger partial charge in [-0.15, -0.1) is 0 Å². The van der Waals surface area contributed by atoms with Gasteiger partial charge in [0.1, 0.15) is 5.75 Å². The zero-order chi connectivity index (χ0) is 16.2. The number of aromatic hydroxyl groups is 1. The van der Waals surface area contributed by atoms with Crippen molar-refractivity contribution in [3.8, 4) is 5.75 Å². The van der Waals surface area contributed by atoms with Crippen LogP contribution < -0.4 is 11.1 Å². The maximum atomic E-state index is 11.8. The molecule has 1 amide bonds. The lowest BCUT2D eigenvalue weighted by molar-refractivity contribution is -0.121. The van der Waals surface area contributed by atoms with Crippen LogP contribution in [-0.2, 0) is 16.6 Å². The SMILES string of the molecule is Cc1cc(CCC(=O)NC(C)CN)c(O)c(C(C)(C)C)c1. The molecule has 0 saturated carbocycles. The molecule has 0 radical (unpaired) electrons. The largest absolute Gasteiger partial charge is 0.507 e. The maximum absolute atomic E-state index is 11.8. The number of aryl methyl sites for hydroxylation is 2. The number of carbonyl (C=O) groups excluding carboxylic acids is 1.